The highest BCUT2D eigenvalue weighted by molar-refractivity contribution is 7.86. The van der Waals surface area contributed by atoms with E-state index in [0.29, 0.717) is 24.4 Å². The highest BCUT2D eigenvalue weighted by atomic mass is 32.2. The number of aryl methyl sites for hydroxylation is 2. The molecule has 2 aromatic rings. The molecule has 5 heteroatoms. The standard InChI is InChI=1S/C17H22N2O2S/c1-11-12(2)18-15-6-5-13(9-14(11)15)16(20)19-7-8-22(21)17(3,4)10-19/h5-6,9,18H,7-8,10H2,1-4H3/t22-/m0/s1. The van der Waals surface area contributed by atoms with E-state index in [-0.39, 0.29) is 10.7 Å². The van der Waals surface area contributed by atoms with E-state index in [2.05, 4.69) is 11.9 Å². The molecule has 1 aromatic carbocycles. The van der Waals surface area contributed by atoms with Crippen molar-refractivity contribution in [1.29, 1.82) is 0 Å². The lowest BCUT2D eigenvalue weighted by Crippen LogP contribution is -2.52. The van der Waals surface area contributed by atoms with Gasteiger partial charge in [-0.3, -0.25) is 9.00 Å². The molecule has 0 aliphatic carbocycles. The second-order valence-electron chi connectivity index (χ2n) is 6.67. The van der Waals surface area contributed by atoms with Crippen LogP contribution in [-0.4, -0.2) is 43.6 Å². The maximum atomic E-state index is 12.8. The van der Waals surface area contributed by atoms with Gasteiger partial charge in [-0.1, -0.05) is 0 Å². The number of carbonyl (C=O) groups excluding carboxylic acids is 1. The molecule has 0 bridgehead atoms. The molecule has 3 rings (SSSR count). The summed E-state index contributed by atoms with van der Waals surface area (Å²) in [6, 6.07) is 5.81. The maximum absolute atomic E-state index is 12.8. The Morgan fingerprint density at radius 1 is 1.32 bits per heavy atom. The molecule has 1 fully saturated rings. The summed E-state index contributed by atoms with van der Waals surface area (Å²) in [6.45, 7) is 9.14. The van der Waals surface area contributed by atoms with E-state index in [9.17, 15) is 9.00 Å². The highest BCUT2D eigenvalue weighted by Crippen LogP contribution is 2.25. The van der Waals surface area contributed by atoms with E-state index < -0.39 is 10.8 Å². The average molecular weight is 318 g/mol. The fourth-order valence-electron chi connectivity index (χ4n) is 3.03. The van der Waals surface area contributed by atoms with Crippen LogP contribution in [0.5, 0.6) is 0 Å². The molecule has 4 nitrogen and oxygen atoms in total. The zero-order chi connectivity index (χ0) is 16.1. The normalized spacial score (nSPS) is 21.3. The molecule has 22 heavy (non-hydrogen) atoms. The zero-order valence-electron chi connectivity index (χ0n) is 13.5. The molecule has 1 N–H and O–H groups in total. The van der Waals surface area contributed by atoms with Crippen molar-refractivity contribution in [2.24, 2.45) is 0 Å². The quantitative estimate of drug-likeness (QED) is 0.879. The Kier molecular flexibility index (Phi) is 3.63. The van der Waals surface area contributed by atoms with Gasteiger partial charge in [0.05, 0.1) is 4.75 Å². The Hall–Kier alpha value is -1.62. The number of nitrogens with one attached hydrogen (secondary N) is 1. The van der Waals surface area contributed by atoms with Gasteiger partial charge in [-0.15, -0.1) is 0 Å². The van der Waals surface area contributed by atoms with Crippen LogP contribution in [0, 0.1) is 13.8 Å². The Bertz CT molecular complexity index is 776. The Balaban J connectivity index is 1.92. The molecule has 0 radical (unpaired) electrons. The van der Waals surface area contributed by atoms with E-state index in [1.165, 1.54) is 5.56 Å². The number of hydrogen-bond acceptors (Lipinski definition) is 2. The van der Waals surface area contributed by atoms with Crippen LogP contribution in [0.2, 0.25) is 0 Å². The summed E-state index contributed by atoms with van der Waals surface area (Å²) in [5, 5.41) is 1.10. The predicted molar refractivity (Wildman–Crippen MR) is 90.8 cm³/mol. The van der Waals surface area contributed by atoms with E-state index in [4.69, 9.17) is 0 Å². The van der Waals surface area contributed by atoms with Crippen LogP contribution in [-0.2, 0) is 10.8 Å². The number of benzene rings is 1. The topological polar surface area (TPSA) is 53.2 Å². The number of aromatic nitrogens is 1. The molecular weight excluding hydrogens is 296 g/mol. The van der Waals surface area contributed by atoms with Gasteiger partial charge in [0.25, 0.3) is 5.91 Å². The van der Waals surface area contributed by atoms with E-state index in [1.54, 1.807) is 0 Å². The van der Waals surface area contributed by atoms with Gasteiger partial charge in [0.1, 0.15) is 0 Å². The fourth-order valence-corrected chi connectivity index (χ4v) is 4.27. The van der Waals surface area contributed by atoms with Gasteiger partial charge in [-0.05, 0) is 51.5 Å². The van der Waals surface area contributed by atoms with Gasteiger partial charge >= 0.3 is 0 Å². The van der Waals surface area contributed by atoms with Gasteiger partial charge in [-0.2, -0.15) is 0 Å². The molecule has 1 amide bonds. The molecule has 0 unspecified atom stereocenters. The summed E-state index contributed by atoms with van der Waals surface area (Å²) in [5.41, 5.74) is 4.09. The third kappa shape index (κ3) is 2.47. The van der Waals surface area contributed by atoms with Crippen molar-refractivity contribution >= 4 is 27.6 Å². The molecule has 1 atom stereocenters. The molecule has 1 aliphatic rings. The van der Waals surface area contributed by atoms with Crippen LogP contribution in [0.15, 0.2) is 18.2 Å². The summed E-state index contributed by atoms with van der Waals surface area (Å²) in [5.74, 6) is 0.591. The van der Waals surface area contributed by atoms with Gasteiger partial charge in [0.2, 0.25) is 0 Å². The molecule has 0 spiro atoms. The number of nitrogens with zero attached hydrogens (tertiary/aromatic N) is 1. The molecule has 118 valence electrons. The molecule has 0 saturated carbocycles. The van der Waals surface area contributed by atoms with Gasteiger partial charge in [0.15, 0.2) is 0 Å². The van der Waals surface area contributed by atoms with E-state index in [0.717, 1.165) is 16.6 Å². The van der Waals surface area contributed by atoms with Crippen LogP contribution in [0.1, 0.15) is 35.5 Å². The zero-order valence-corrected chi connectivity index (χ0v) is 14.3. The lowest BCUT2D eigenvalue weighted by Gasteiger charge is -2.37. The first kappa shape index (κ1) is 15.3. The van der Waals surface area contributed by atoms with Crippen LogP contribution in [0.4, 0.5) is 0 Å². The van der Waals surface area contributed by atoms with Crippen molar-refractivity contribution in [3.8, 4) is 0 Å². The van der Waals surface area contributed by atoms with E-state index in [1.807, 2.05) is 43.9 Å². The Morgan fingerprint density at radius 2 is 2.05 bits per heavy atom. The smallest absolute Gasteiger partial charge is 0.253 e. The summed E-state index contributed by atoms with van der Waals surface area (Å²) in [6.07, 6.45) is 0. The monoisotopic (exact) mass is 318 g/mol. The van der Waals surface area contributed by atoms with E-state index >= 15 is 0 Å². The lowest BCUT2D eigenvalue weighted by atomic mass is 10.1. The average Bonchev–Trinajstić information content (AvgIpc) is 2.76. The molecule has 2 heterocycles. The first-order chi connectivity index (χ1) is 10.3. The van der Waals surface area contributed by atoms with Crippen molar-refractivity contribution in [2.75, 3.05) is 18.8 Å². The lowest BCUT2D eigenvalue weighted by molar-refractivity contribution is 0.0746. The number of aromatic amines is 1. The van der Waals surface area contributed by atoms with Gasteiger partial charge in [0, 0.05) is 51.8 Å². The largest absolute Gasteiger partial charge is 0.358 e. The van der Waals surface area contributed by atoms with Crippen LogP contribution < -0.4 is 0 Å². The number of hydrogen-bond donors (Lipinski definition) is 1. The van der Waals surface area contributed by atoms with Crippen molar-refractivity contribution in [3.05, 3.63) is 35.0 Å². The number of amides is 1. The summed E-state index contributed by atoms with van der Waals surface area (Å²) < 4.78 is 11.7. The number of fused-ring (bicyclic) bond motifs is 1. The number of H-pyrrole nitrogens is 1. The predicted octanol–water partition coefficient (Wildman–Crippen LogP) is 2.77. The maximum Gasteiger partial charge on any atom is 0.253 e. The first-order valence-corrected chi connectivity index (χ1v) is 8.88. The summed E-state index contributed by atoms with van der Waals surface area (Å²) >= 11 is 0. The minimum Gasteiger partial charge on any atom is -0.358 e. The number of carbonyl (C=O) groups is 1. The fraction of sp³-hybridized carbons (Fsp3) is 0.471. The van der Waals surface area contributed by atoms with Crippen LogP contribution in [0.25, 0.3) is 10.9 Å². The molecule has 1 aromatic heterocycles. The van der Waals surface area contributed by atoms with Crippen molar-refractivity contribution in [2.45, 2.75) is 32.4 Å². The van der Waals surface area contributed by atoms with Crippen molar-refractivity contribution in [1.82, 2.24) is 9.88 Å². The van der Waals surface area contributed by atoms with Crippen molar-refractivity contribution < 1.29 is 9.00 Å². The second-order valence-corrected chi connectivity index (χ2v) is 8.88. The molecular formula is C17H22N2O2S. The third-order valence-corrected chi connectivity index (χ3v) is 6.49. The SMILES string of the molecule is Cc1[nH]c2ccc(C(=O)N3CC[S@](=O)C(C)(C)C3)cc2c1C. The first-order valence-electron chi connectivity index (χ1n) is 7.56. The minimum atomic E-state index is -0.866. The number of rotatable bonds is 1. The summed E-state index contributed by atoms with van der Waals surface area (Å²) in [4.78, 5) is 17.9. The Labute approximate surface area is 133 Å². The third-order valence-electron chi connectivity index (χ3n) is 4.58. The van der Waals surface area contributed by atoms with Crippen LogP contribution >= 0.6 is 0 Å². The van der Waals surface area contributed by atoms with Crippen LogP contribution in [0.3, 0.4) is 0 Å². The molecule has 1 saturated heterocycles. The summed E-state index contributed by atoms with van der Waals surface area (Å²) in [7, 11) is -0.866. The van der Waals surface area contributed by atoms with Gasteiger partial charge < -0.3 is 9.88 Å². The molecule has 1 aliphatic heterocycles. The minimum absolute atomic E-state index is 0.0323. The Morgan fingerprint density at radius 3 is 2.73 bits per heavy atom. The highest BCUT2D eigenvalue weighted by Gasteiger charge is 2.35. The van der Waals surface area contributed by atoms with Crippen molar-refractivity contribution in [3.63, 3.8) is 0 Å². The van der Waals surface area contributed by atoms with Gasteiger partial charge in [-0.25, -0.2) is 0 Å². The second kappa shape index (κ2) is 5.23.